The summed E-state index contributed by atoms with van der Waals surface area (Å²) < 4.78 is 5.19. The van der Waals surface area contributed by atoms with Gasteiger partial charge in [-0.25, -0.2) is 9.36 Å². The van der Waals surface area contributed by atoms with Crippen molar-refractivity contribution in [1.29, 1.82) is 0 Å². The predicted octanol–water partition coefficient (Wildman–Crippen LogP) is 0.383. The van der Waals surface area contributed by atoms with E-state index in [0.717, 1.165) is 6.20 Å². The third-order valence-electron chi connectivity index (χ3n) is 1.34. The number of hydrogen-bond donors (Lipinski definition) is 1. The van der Waals surface area contributed by atoms with E-state index in [0.29, 0.717) is 4.57 Å². The lowest BCUT2D eigenvalue weighted by Crippen LogP contribution is -2.25. The Morgan fingerprint density at radius 1 is 1.67 bits per heavy atom. The lowest BCUT2D eigenvalue weighted by Gasteiger charge is -2.00. The minimum Gasteiger partial charge on any atom is -0.491 e. The summed E-state index contributed by atoms with van der Waals surface area (Å²) in [7, 11) is 1.31. The van der Waals surface area contributed by atoms with Crippen LogP contribution in [-0.4, -0.2) is 22.9 Å². The topological polar surface area (TPSA) is 68.5 Å². The molecule has 12 heavy (non-hydrogen) atoms. The number of carbonyl (C=O) groups is 1. The van der Waals surface area contributed by atoms with Crippen LogP contribution >= 0.6 is 0 Å². The zero-order chi connectivity index (χ0) is 9.14. The van der Waals surface area contributed by atoms with Gasteiger partial charge in [0.1, 0.15) is 0 Å². The molecule has 0 saturated heterocycles. The highest BCUT2D eigenvalue weighted by molar-refractivity contribution is 5.68. The zero-order valence-electron chi connectivity index (χ0n) is 6.35. The second-order valence-electron chi connectivity index (χ2n) is 2.03. The summed E-state index contributed by atoms with van der Waals surface area (Å²) in [5.41, 5.74) is -0.674. The van der Waals surface area contributed by atoms with Crippen LogP contribution in [0.1, 0.15) is 0 Å². The van der Waals surface area contributed by atoms with Crippen LogP contribution in [0.2, 0.25) is 0 Å². The van der Waals surface area contributed by atoms with Crippen molar-refractivity contribution in [2.45, 2.75) is 0 Å². The zero-order valence-corrected chi connectivity index (χ0v) is 6.35. The lowest BCUT2D eigenvalue weighted by atomic mass is 10.4. The number of nitrogens with zero attached hydrogens (tertiary/aromatic N) is 1. The SMILES string of the molecule is COc1cccn(C(=O)O)c1=O. The van der Waals surface area contributed by atoms with Crippen molar-refractivity contribution in [3.63, 3.8) is 0 Å². The van der Waals surface area contributed by atoms with E-state index in [1.54, 1.807) is 0 Å². The first-order valence-electron chi connectivity index (χ1n) is 3.15. The molecule has 64 valence electrons. The van der Waals surface area contributed by atoms with Crippen molar-refractivity contribution in [3.8, 4) is 5.75 Å². The molecule has 0 amide bonds. The van der Waals surface area contributed by atoms with E-state index < -0.39 is 11.7 Å². The van der Waals surface area contributed by atoms with E-state index in [1.807, 2.05) is 0 Å². The molecule has 0 radical (unpaired) electrons. The molecular weight excluding hydrogens is 162 g/mol. The van der Waals surface area contributed by atoms with E-state index in [1.165, 1.54) is 19.2 Å². The summed E-state index contributed by atoms with van der Waals surface area (Å²) in [5, 5.41) is 8.49. The summed E-state index contributed by atoms with van der Waals surface area (Å²) in [4.78, 5) is 21.5. The van der Waals surface area contributed by atoms with Gasteiger partial charge in [-0.2, -0.15) is 0 Å². The van der Waals surface area contributed by atoms with Crippen LogP contribution in [0.15, 0.2) is 23.1 Å². The largest absolute Gasteiger partial charge is 0.491 e. The molecule has 0 aromatic carbocycles. The average molecular weight is 169 g/mol. The smallest absolute Gasteiger partial charge is 0.418 e. The number of rotatable bonds is 1. The first kappa shape index (κ1) is 8.32. The minimum absolute atomic E-state index is 0.0138. The molecular formula is C7H7NO4. The van der Waals surface area contributed by atoms with Crippen molar-refractivity contribution < 1.29 is 14.6 Å². The molecule has 0 unspecified atom stereocenters. The lowest BCUT2D eigenvalue weighted by molar-refractivity contribution is 0.194. The minimum atomic E-state index is -1.32. The second-order valence-corrected chi connectivity index (χ2v) is 2.03. The number of aromatic nitrogens is 1. The van der Waals surface area contributed by atoms with Crippen LogP contribution in [0.25, 0.3) is 0 Å². The van der Waals surface area contributed by atoms with E-state index >= 15 is 0 Å². The first-order chi connectivity index (χ1) is 5.66. The number of methoxy groups -OCH3 is 1. The van der Waals surface area contributed by atoms with E-state index in [4.69, 9.17) is 5.11 Å². The summed E-state index contributed by atoms with van der Waals surface area (Å²) in [5.74, 6) is 0.0138. The monoisotopic (exact) mass is 169 g/mol. The van der Waals surface area contributed by atoms with Crippen molar-refractivity contribution in [2.75, 3.05) is 7.11 Å². The summed E-state index contributed by atoms with van der Waals surface area (Å²) in [6, 6.07) is 2.83. The molecule has 1 rings (SSSR count). The Balaban J connectivity index is 3.33. The molecule has 0 aliphatic heterocycles. The Morgan fingerprint density at radius 3 is 2.83 bits per heavy atom. The van der Waals surface area contributed by atoms with Crippen molar-refractivity contribution in [1.82, 2.24) is 4.57 Å². The third kappa shape index (κ3) is 1.29. The normalized spacial score (nSPS) is 9.42. The van der Waals surface area contributed by atoms with E-state index in [2.05, 4.69) is 4.74 Å². The molecule has 1 aromatic heterocycles. The molecule has 0 saturated carbocycles. The van der Waals surface area contributed by atoms with Crippen molar-refractivity contribution in [3.05, 3.63) is 28.7 Å². The maximum Gasteiger partial charge on any atom is 0.418 e. The molecule has 0 aliphatic rings. The maximum absolute atomic E-state index is 11.1. The van der Waals surface area contributed by atoms with Crippen LogP contribution in [0.3, 0.4) is 0 Å². The highest BCUT2D eigenvalue weighted by Crippen LogP contribution is 1.99. The fourth-order valence-corrected chi connectivity index (χ4v) is 0.780. The summed E-state index contributed by atoms with van der Waals surface area (Å²) in [6.45, 7) is 0. The van der Waals surface area contributed by atoms with E-state index in [-0.39, 0.29) is 5.75 Å². The van der Waals surface area contributed by atoms with Gasteiger partial charge in [-0.05, 0) is 12.1 Å². The molecule has 0 fully saturated rings. The highest BCUT2D eigenvalue weighted by atomic mass is 16.5. The Kier molecular flexibility index (Phi) is 2.14. The number of ether oxygens (including phenoxy) is 1. The Labute approximate surface area is 67.8 Å². The quantitative estimate of drug-likeness (QED) is 0.659. The number of hydrogen-bond acceptors (Lipinski definition) is 3. The molecule has 5 nitrogen and oxygen atoms in total. The van der Waals surface area contributed by atoms with Gasteiger partial charge in [0.25, 0.3) is 0 Å². The van der Waals surface area contributed by atoms with Crippen LogP contribution in [0.4, 0.5) is 4.79 Å². The molecule has 5 heteroatoms. The highest BCUT2D eigenvalue weighted by Gasteiger charge is 2.06. The van der Waals surface area contributed by atoms with Gasteiger partial charge in [0.05, 0.1) is 7.11 Å². The summed E-state index contributed by atoms with van der Waals surface area (Å²) >= 11 is 0. The Morgan fingerprint density at radius 2 is 2.33 bits per heavy atom. The Hall–Kier alpha value is -1.78. The third-order valence-corrected chi connectivity index (χ3v) is 1.34. The van der Waals surface area contributed by atoms with E-state index in [9.17, 15) is 9.59 Å². The van der Waals surface area contributed by atoms with Crippen LogP contribution < -0.4 is 10.3 Å². The van der Waals surface area contributed by atoms with Gasteiger partial charge in [0.2, 0.25) is 0 Å². The second kappa shape index (κ2) is 3.08. The molecule has 0 bridgehead atoms. The van der Waals surface area contributed by atoms with Gasteiger partial charge in [-0.15, -0.1) is 0 Å². The molecule has 0 atom stereocenters. The maximum atomic E-state index is 11.1. The predicted molar refractivity (Wildman–Crippen MR) is 40.7 cm³/mol. The molecule has 1 heterocycles. The van der Waals surface area contributed by atoms with Crippen LogP contribution in [0, 0.1) is 0 Å². The van der Waals surface area contributed by atoms with Crippen molar-refractivity contribution >= 4 is 6.09 Å². The van der Waals surface area contributed by atoms with Gasteiger partial charge >= 0.3 is 11.7 Å². The first-order valence-corrected chi connectivity index (χ1v) is 3.15. The molecule has 0 spiro atoms. The van der Waals surface area contributed by atoms with Gasteiger partial charge in [0.15, 0.2) is 5.75 Å². The molecule has 1 N–H and O–H groups in total. The van der Waals surface area contributed by atoms with Crippen LogP contribution in [-0.2, 0) is 0 Å². The average Bonchev–Trinajstić information content (AvgIpc) is 2.04. The fraction of sp³-hybridized carbons (Fsp3) is 0.143. The van der Waals surface area contributed by atoms with Crippen molar-refractivity contribution in [2.24, 2.45) is 0 Å². The summed E-state index contributed by atoms with van der Waals surface area (Å²) in [6.07, 6.45) is -0.161. The number of carboxylic acid groups (broad SMARTS) is 1. The van der Waals surface area contributed by atoms with Gasteiger partial charge < -0.3 is 9.84 Å². The molecule has 0 aliphatic carbocycles. The molecule has 1 aromatic rings. The number of pyridine rings is 1. The Bertz CT molecular complexity index is 355. The van der Waals surface area contributed by atoms with Gasteiger partial charge in [-0.3, -0.25) is 4.79 Å². The van der Waals surface area contributed by atoms with Gasteiger partial charge in [-0.1, -0.05) is 0 Å². The standard InChI is InChI=1S/C7H7NO4/c1-12-5-3-2-4-8(6(5)9)7(10)11/h2-4H,1H3,(H,10,11). The van der Waals surface area contributed by atoms with Gasteiger partial charge in [0, 0.05) is 6.20 Å². The van der Waals surface area contributed by atoms with Crippen LogP contribution in [0.5, 0.6) is 5.75 Å². The fourth-order valence-electron chi connectivity index (χ4n) is 0.780.